The van der Waals surface area contributed by atoms with Gasteiger partial charge in [-0.25, -0.2) is 4.98 Å². The van der Waals surface area contributed by atoms with Crippen molar-refractivity contribution in [2.24, 2.45) is 0 Å². The third kappa shape index (κ3) is 4.60. The van der Waals surface area contributed by atoms with E-state index >= 15 is 0 Å². The molecule has 3 aromatic rings. The van der Waals surface area contributed by atoms with Gasteiger partial charge in [0.15, 0.2) is 16.1 Å². The molecule has 0 fully saturated rings. The Labute approximate surface area is 167 Å². The van der Waals surface area contributed by atoms with Crippen molar-refractivity contribution in [2.45, 2.75) is 18.6 Å². The fraction of sp³-hybridized carbons (Fsp3) is 0.176. The van der Waals surface area contributed by atoms with Crippen molar-refractivity contribution >= 4 is 50.1 Å². The number of carbonyl (C=O) groups is 1. The molecule has 0 aliphatic carbocycles. The van der Waals surface area contributed by atoms with Gasteiger partial charge in [-0.05, 0) is 19.1 Å². The van der Waals surface area contributed by atoms with E-state index in [0.717, 1.165) is 21.6 Å². The van der Waals surface area contributed by atoms with Crippen molar-refractivity contribution in [3.63, 3.8) is 0 Å². The normalized spacial score (nSPS) is 10.7. The Kier molecular flexibility index (Phi) is 6.23. The van der Waals surface area contributed by atoms with Gasteiger partial charge in [0.2, 0.25) is 5.91 Å². The summed E-state index contributed by atoms with van der Waals surface area (Å²) in [6.07, 6.45) is 1.79. The number of carbonyl (C=O) groups excluding carboxylic acids is 1. The second-order valence-corrected chi connectivity index (χ2v) is 8.06. The van der Waals surface area contributed by atoms with E-state index in [1.165, 1.54) is 23.1 Å². The molecular weight excluding hydrogens is 434 g/mol. The van der Waals surface area contributed by atoms with Crippen LogP contribution in [0.15, 0.2) is 51.9 Å². The summed E-state index contributed by atoms with van der Waals surface area (Å²) in [7, 11) is 0. The fourth-order valence-electron chi connectivity index (χ4n) is 2.20. The highest BCUT2D eigenvalue weighted by molar-refractivity contribution is 9.10. The van der Waals surface area contributed by atoms with Gasteiger partial charge in [0.05, 0.1) is 11.4 Å². The van der Waals surface area contributed by atoms with E-state index in [4.69, 9.17) is 0 Å². The minimum absolute atomic E-state index is 0.123. The first-order chi connectivity index (χ1) is 12.6. The van der Waals surface area contributed by atoms with Crippen LogP contribution in [0.5, 0.6) is 0 Å². The highest BCUT2D eigenvalue weighted by atomic mass is 79.9. The Morgan fingerprint density at radius 2 is 2.15 bits per heavy atom. The van der Waals surface area contributed by atoms with E-state index in [-0.39, 0.29) is 11.7 Å². The SMILES string of the molecule is C=CCn1c(SCC(=O)Nc2nc(C)cs2)nnc1-c1ccc(Br)cc1. The van der Waals surface area contributed by atoms with Crippen LogP contribution < -0.4 is 5.32 Å². The molecule has 0 saturated heterocycles. The Hall–Kier alpha value is -1.97. The first kappa shape index (κ1) is 18.8. The third-order valence-corrected chi connectivity index (χ3v) is 5.70. The topological polar surface area (TPSA) is 72.7 Å². The maximum atomic E-state index is 12.1. The van der Waals surface area contributed by atoms with Gasteiger partial charge in [-0.15, -0.1) is 28.1 Å². The lowest BCUT2D eigenvalue weighted by molar-refractivity contribution is -0.113. The number of hydrogen-bond acceptors (Lipinski definition) is 6. The molecule has 0 spiro atoms. The van der Waals surface area contributed by atoms with Gasteiger partial charge in [-0.3, -0.25) is 9.36 Å². The van der Waals surface area contributed by atoms with Crippen molar-refractivity contribution in [2.75, 3.05) is 11.1 Å². The minimum atomic E-state index is -0.123. The molecule has 0 atom stereocenters. The van der Waals surface area contributed by atoms with Gasteiger partial charge >= 0.3 is 0 Å². The molecule has 0 aliphatic heterocycles. The molecular formula is C17H16BrN5OS2. The van der Waals surface area contributed by atoms with Gasteiger partial charge in [-0.2, -0.15) is 0 Å². The van der Waals surface area contributed by atoms with E-state index in [1.807, 2.05) is 41.1 Å². The fourth-order valence-corrected chi connectivity index (χ4v) is 3.91. The molecule has 0 aliphatic rings. The Morgan fingerprint density at radius 3 is 2.81 bits per heavy atom. The first-order valence-electron chi connectivity index (χ1n) is 7.71. The number of benzene rings is 1. The van der Waals surface area contributed by atoms with Gasteiger partial charge in [0, 0.05) is 22.0 Å². The molecule has 134 valence electrons. The van der Waals surface area contributed by atoms with Crippen LogP contribution in [0.1, 0.15) is 5.69 Å². The predicted molar refractivity (Wildman–Crippen MR) is 110 cm³/mol. The molecule has 1 amide bonds. The summed E-state index contributed by atoms with van der Waals surface area (Å²) in [6.45, 7) is 6.25. The summed E-state index contributed by atoms with van der Waals surface area (Å²) in [6, 6.07) is 7.86. The number of anilines is 1. The predicted octanol–water partition coefficient (Wildman–Crippen LogP) is 4.39. The van der Waals surface area contributed by atoms with Crippen LogP contribution in [0, 0.1) is 6.92 Å². The highest BCUT2D eigenvalue weighted by Gasteiger charge is 2.15. The lowest BCUT2D eigenvalue weighted by Gasteiger charge is -2.07. The molecule has 0 bridgehead atoms. The van der Waals surface area contributed by atoms with Crippen molar-refractivity contribution in [1.29, 1.82) is 0 Å². The monoisotopic (exact) mass is 449 g/mol. The second-order valence-electron chi connectivity index (χ2n) is 5.34. The maximum Gasteiger partial charge on any atom is 0.236 e. The lowest BCUT2D eigenvalue weighted by Crippen LogP contribution is -2.14. The van der Waals surface area contributed by atoms with Gasteiger partial charge in [-0.1, -0.05) is 45.9 Å². The van der Waals surface area contributed by atoms with Crippen LogP contribution in [0.4, 0.5) is 5.13 Å². The molecule has 26 heavy (non-hydrogen) atoms. The van der Waals surface area contributed by atoms with Crippen LogP contribution in [0.25, 0.3) is 11.4 Å². The van der Waals surface area contributed by atoms with Crippen molar-refractivity contribution < 1.29 is 4.79 Å². The molecule has 0 unspecified atom stereocenters. The number of aryl methyl sites for hydroxylation is 1. The number of aromatic nitrogens is 4. The zero-order chi connectivity index (χ0) is 18.5. The van der Waals surface area contributed by atoms with Crippen LogP contribution >= 0.6 is 39.0 Å². The minimum Gasteiger partial charge on any atom is -0.301 e. The van der Waals surface area contributed by atoms with Gasteiger partial charge < -0.3 is 5.32 Å². The van der Waals surface area contributed by atoms with Gasteiger partial charge in [0.25, 0.3) is 0 Å². The summed E-state index contributed by atoms with van der Waals surface area (Å²) < 4.78 is 2.95. The van der Waals surface area contributed by atoms with Crippen molar-refractivity contribution in [3.05, 3.63) is 52.5 Å². The maximum absolute atomic E-state index is 12.1. The van der Waals surface area contributed by atoms with E-state index in [1.54, 1.807) is 6.08 Å². The Balaban J connectivity index is 1.72. The summed E-state index contributed by atoms with van der Waals surface area (Å²) >= 11 is 6.18. The third-order valence-electron chi connectivity index (χ3n) is 3.33. The first-order valence-corrected chi connectivity index (χ1v) is 10.4. The number of thiazole rings is 1. The largest absolute Gasteiger partial charge is 0.301 e. The van der Waals surface area contributed by atoms with Crippen LogP contribution in [0.2, 0.25) is 0 Å². The standard InChI is InChI=1S/C17H16BrN5OS2/c1-3-8-23-15(12-4-6-13(18)7-5-12)21-22-17(23)26-10-14(24)20-16-19-11(2)9-25-16/h3-7,9H,1,8,10H2,2H3,(H,19,20,24). The smallest absolute Gasteiger partial charge is 0.236 e. The molecule has 0 radical (unpaired) electrons. The molecule has 2 aromatic heterocycles. The van der Waals surface area contributed by atoms with E-state index in [9.17, 15) is 4.79 Å². The molecule has 6 nitrogen and oxygen atoms in total. The second kappa shape index (κ2) is 8.61. The van der Waals surface area contributed by atoms with Gasteiger partial charge in [0.1, 0.15) is 0 Å². The number of amides is 1. The number of hydrogen-bond donors (Lipinski definition) is 1. The van der Waals surface area contributed by atoms with Crippen molar-refractivity contribution in [3.8, 4) is 11.4 Å². The molecule has 2 heterocycles. The van der Waals surface area contributed by atoms with Crippen LogP contribution in [-0.4, -0.2) is 31.4 Å². The van der Waals surface area contributed by atoms with E-state index < -0.39 is 0 Å². The van der Waals surface area contributed by atoms with Crippen LogP contribution in [-0.2, 0) is 11.3 Å². The molecule has 9 heteroatoms. The van der Waals surface area contributed by atoms with E-state index in [2.05, 4.69) is 43.0 Å². The number of halogens is 1. The summed E-state index contributed by atoms with van der Waals surface area (Å²) in [5.74, 6) is 0.854. The quantitative estimate of drug-likeness (QED) is 0.427. The zero-order valence-corrected chi connectivity index (χ0v) is 17.2. The number of allylic oxidation sites excluding steroid dienone is 1. The summed E-state index contributed by atoms with van der Waals surface area (Å²) in [4.78, 5) is 16.4. The molecule has 1 N–H and O–H groups in total. The van der Waals surface area contributed by atoms with Crippen molar-refractivity contribution in [1.82, 2.24) is 19.7 Å². The summed E-state index contributed by atoms with van der Waals surface area (Å²) in [5.41, 5.74) is 1.85. The van der Waals surface area contributed by atoms with E-state index in [0.29, 0.717) is 16.8 Å². The van der Waals surface area contributed by atoms with Crippen LogP contribution in [0.3, 0.4) is 0 Å². The summed E-state index contributed by atoms with van der Waals surface area (Å²) in [5, 5.41) is 14.5. The molecule has 0 saturated carbocycles. The highest BCUT2D eigenvalue weighted by Crippen LogP contribution is 2.25. The average Bonchev–Trinajstić information content (AvgIpc) is 3.20. The Morgan fingerprint density at radius 1 is 1.38 bits per heavy atom. The molecule has 1 aromatic carbocycles. The molecule has 3 rings (SSSR count). The number of rotatable bonds is 7. The number of thioether (sulfide) groups is 1. The Bertz CT molecular complexity index is 920. The average molecular weight is 450 g/mol. The zero-order valence-electron chi connectivity index (χ0n) is 14.0. The lowest BCUT2D eigenvalue weighted by atomic mass is 10.2. The number of nitrogens with one attached hydrogen (secondary N) is 1. The number of nitrogens with zero attached hydrogens (tertiary/aromatic N) is 4.